The molecule has 0 aliphatic heterocycles. The lowest BCUT2D eigenvalue weighted by molar-refractivity contribution is -0.150. The lowest BCUT2D eigenvalue weighted by Gasteiger charge is -2.31. The first-order valence-electron chi connectivity index (χ1n) is 17.6. The van der Waals surface area contributed by atoms with Crippen LogP contribution in [0.25, 0.3) is 11.1 Å². The van der Waals surface area contributed by atoms with E-state index in [4.69, 9.17) is 9.47 Å². The largest absolute Gasteiger partial charge is 0.487 e. The minimum atomic E-state index is -4.50. The van der Waals surface area contributed by atoms with Crippen molar-refractivity contribution in [1.82, 2.24) is 10.6 Å². The minimum Gasteiger partial charge on any atom is -0.487 e. The molecule has 284 valence electrons. The molecule has 0 heterocycles. The van der Waals surface area contributed by atoms with Crippen LogP contribution in [0.4, 0.5) is 18.9 Å². The molecular formula is C43H40F3N3O6. The third-order valence-electron chi connectivity index (χ3n) is 8.74. The smallest absolute Gasteiger partial charge is 0.416 e. The second kappa shape index (κ2) is 18.1. The van der Waals surface area contributed by atoms with E-state index in [1.54, 1.807) is 86.6 Å². The van der Waals surface area contributed by atoms with Crippen LogP contribution in [0.1, 0.15) is 46.5 Å². The Kier molecular flexibility index (Phi) is 13.1. The predicted molar refractivity (Wildman–Crippen MR) is 202 cm³/mol. The van der Waals surface area contributed by atoms with Crippen LogP contribution >= 0.6 is 0 Å². The monoisotopic (exact) mass is 751 g/mol. The minimum absolute atomic E-state index is 0.123. The summed E-state index contributed by atoms with van der Waals surface area (Å²) in [5, 5.41) is 8.26. The van der Waals surface area contributed by atoms with Crippen molar-refractivity contribution in [2.45, 2.75) is 38.5 Å². The van der Waals surface area contributed by atoms with Gasteiger partial charge in [-0.25, -0.2) is 0 Å². The van der Waals surface area contributed by atoms with Crippen molar-refractivity contribution in [3.05, 3.63) is 155 Å². The van der Waals surface area contributed by atoms with E-state index in [1.807, 2.05) is 30.3 Å². The first kappa shape index (κ1) is 39.8. The fraction of sp³-hybridized carbons (Fsp3) is 0.209. The van der Waals surface area contributed by atoms with Gasteiger partial charge in [0.2, 0.25) is 11.8 Å². The molecule has 0 spiro atoms. The number of ether oxygens (including phenoxy) is 2. The predicted octanol–water partition coefficient (Wildman–Crippen LogP) is 7.50. The number of hydrogen-bond acceptors (Lipinski definition) is 6. The molecule has 0 saturated carbocycles. The summed E-state index contributed by atoms with van der Waals surface area (Å²) in [7, 11) is 0. The highest BCUT2D eigenvalue weighted by atomic mass is 19.4. The fourth-order valence-corrected chi connectivity index (χ4v) is 5.93. The van der Waals surface area contributed by atoms with Crippen LogP contribution in [0.15, 0.2) is 127 Å². The molecule has 5 aromatic rings. The Balaban J connectivity index is 1.40. The molecule has 5 aromatic carbocycles. The maximum atomic E-state index is 13.7. The van der Waals surface area contributed by atoms with Crippen LogP contribution in [0.2, 0.25) is 0 Å². The Labute approximate surface area is 316 Å². The van der Waals surface area contributed by atoms with Crippen molar-refractivity contribution < 1.29 is 41.8 Å². The van der Waals surface area contributed by atoms with Gasteiger partial charge in [0.15, 0.2) is 5.41 Å². The average Bonchev–Trinajstić information content (AvgIpc) is 3.19. The first-order valence-corrected chi connectivity index (χ1v) is 17.6. The highest BCUT2D eigenvalue weighted by molar-refractivity contribution is 6.11. The summed E-state index contributed by atoms with van der Waals surface area (Å²) in [5.41, 5.74) is 0.328. The van der Waals surface area contributed by atoms with E-state index in [-0.39, 0.29) is 43.1 Å². The van der Waals surface area contributed by atoms with Crippen molar-refractivity contribution in [2.75, 3.05) is 25.0 Å². The number of esters is 1. The topological polar surface area (TPSA) is 123 Å². The van der Waals surface area contributed by atoms with Crippen molar-refractivity contribution in [3.8, 4) is 16.9 Å². The molecule has 0 saturated heterocycles. The second-order valence-electron chi connectivity index (χ2n) is 12.5. The van der Waals surface area contributed by atoms with Crippen molar-refractivity contribution in [1.29, 1.82) is 0 Å². The lowest BCUT2D eigenvalue weighted by atomic mass is 9.79. The van der Waals surface area contributed by atoms with Crippen LogP contribution in [-0.2, 0) is 43.7 Å². The number of halogens is 3. The van der Waals surface area contributed by atoms with E-state index in [2.05, 4.69) is 16.0 Å². The summed E-state index contributed by atoms with van der Waals surface area (Å²) in [6.07, 6.45) is -4.76. The molecule has 12 heteroatoms. The molecule has 0 unspecified atom stereocenters. The van der Waals surface area contributed by atoms with Gasteiger partial charge in [-0.05, 0) is 72.0 Å². The highest BCUT2D eigenvalue weighted by Crippen LogP contribution is 2.33. The van der Waals surface area contributed by atoms with Crippen LogP contribution in [-0.4, -0.2) is 43.4 Å². The zero-order chi connectivity index (χ0) is 39.4. The first-order chi connectivity index (χ1) is 26.5. The molecule has 0 fully saturated rings. The van der Waals surface area contributed by atoms with E-state index >= 15 is 0 Å². The molecule has 3 amide bonds. The molecule has 5 rings (SSSR count). The van der Waals surface area contributed by atoms with Gasteiger partial charge in [-0.1, -0.05) is 97.1 Å². The molecule has 3 N–H and O–H groups in total. The zero-order valence-corrected chi connectivity index (χ0v) is 30.2. The molecule has 0 aliphatic rings. The van der Waals surface area contributed by atoms with E-state index in [9.17, 15) is 32.3 Å². The second-order valence-corrected chi connectivity index (χ2v) is 12.5. The highest BCUT2D eigenvalue weighted by Gasteiger charge is 2.48. The van der Waals surface area contributed by atoms with Crippen molar-refractivity contribution >= 4 is 29.4 Å². The zero-order valence-electron chi connectivity index (χ0n) is 30.2. The Morgan fingerprint density at radius 1 is 0.655 bits per heavy atom. The summed E-state index contributed by atoms with van der Waals surface area (Å²) in [5.74, 6) is -2.25. The molecule has 0 aromatic heterocycles. The van der Waals surface area contributed by atoms with Crippen LogP contribution < -0.4 is 20.7 Å². The molecule has 0 radical (unpaired) electrons. The van der Waals surface area contributed by atoms with Gasteiger partial charge in [0.25, 0.3) is 5.91 Å². The number of rotatable bonds is 15. The lowest BCUT2D eigenvalue weighted by Crippen LogP contribution is -2.57. The molecule has 0 atom stereocenters. The number of carbonyl (C=O) groups excluding carboxylic acids is 4. The number of likely N-dealkylation sites (N-methyl/N-ethyl adjacent to an activating group) is 2. The number of nitrogens with one attached hydrogen (secondary N) is 3. The maximum Gasteiger partial charge on any atom is 0.416 e. The number of amides is 3. The summed E-state index contributed by atoms with van der Waals surface area (Å²) in [6, 6.07) is 33.5. The van der Waals surface area contributed by atoms with E-state index in [0.29, 0.717) is 22.3 Å². The van der Waals surface area contributed by atoms with Crippen LogP contribution in [0.5, 0.6) is 5.75 Å². The normalized spacial score (nSPS) is 11.3. The molecule has 0 bridgehead atoms. The van der Waals surface area contributed by atoms with Gasteiger partial charge in [-0.15, -0.1) is 0 Å². The third kappa shape index (κ3) is 9.77. The Bertz CT molecular complexity index is 2090. The summed E-state index contributed by atoms with van der Waals surface area (Å²) in [6.45, 7) is 3.50. The Morgan fingerprint density at radius 3 is 1.87 bits per heavy atom. The SMILES string of the molecule is CCNC(=O)C(COC(=O)Cc1ccc(NC(=O)c2ccccc2-c2ccc(C(F)(F)F)cc2)c(OCc2ccccc2)c1)(C(=O)NCC)c1ccccc1. The van der Waals surface area contributed by atoms with E-state index in [1.165, 1.54) is 12.1 Å². The van der Waals surface area contributed by atoms with E-state index in [0.717, 1.165) is 17.7 Å². The third-order valence-corrected chi connectivity index (χ3v) is 8.74. The summed E-state index contributed by atoms with van der Waals surface area (Å²) >= 11 is 0. The van der Waals surface area contributed by atoms with Gasteiger partial charge in [-0.2, -0.15) is 13.2 Å². The van der Waals surface area contributed by atoms with Crippen LogP contribution in [0.3, 0.4) is 0 Å². The van der Waals surface area contributed by atoms with Gasteiger partial charge in [-0.3, -0.25) is 19.2 Å². The van der Waals surface area contributed by atoms with Gasteiger partial charge in [0, 0.05) is 18.7 Å². The number of alkyl halides is 3. The summed E-state index contributed by atoms with van der Waals surface area (Å²) < 4.78 is 51.4. The Morgan fingerprint density at radius 2 is 1.25 bits per heavy atom. The van der Waals surface area contributed by atoms with Gasteiger partial charge < -0.3 is 25.4 Å². The van der Waals surface area contributed by atoms with Gasteiger partial charge >= 0.3 is 12.1 Å². The number of carbonyl (C=O) groups is 4. The number of hydrogen-bond donors (Lipinski definition) is 3. The molecule has 55 heavy (non-hydrogen) atoms. The molecule has 0 aliphatic carbocycles. The van der Waals surface area contributed by atoms with Crippen LogP contribution in [0, 0.1) is 0 Å². The fourth-order valence-electron chi connectivity index (χ4n) is 5.93. The quantitative estimate of drug-likeness (QED) is 0.0753. The van der Waals surface area contributed by atoms with Gasteiger partial charge in [0.05, 0.1) is 17.7 Å². The molecular weight excluding hydrogens is 711 g/mol. The van der Waals surface area contributed by atoms with Crippen molar-refractivity contribution in [2.24, 2.45) is 0 Å². The maximum absolute atomic E-state index is 13.7. The summed E-state index contributed by atoms with van der Waals surface area (Å²) in [4.78, 5) is 54.1. The molecule has 9 nitrogen and oxygen atoms in total. The van der Waals surface area contributed by atoms with Crippen molar-refractivity contribution in [3.63, 3.8) is 0 Å². The standard InChI is InChI=1S/C43H40F3N3O6/c1-3-47-40(52)42(41(53)48-4-2,32-15-9-6-10-16-32)28-55-38(50)26-30-19-24-36(37(25-30)54-27-29-13-7-5-8-14-29)49-39(51)35-18-12-11-17-34(35)31-20-22-33(23-21-31)43(44,45)46/h5-25H,3-4,26-28H2,1-2H3,(H,47,52)(H,48,53)(H,49,51). The van der Waals surface area contributed by atoms with E-state index < -0.39 is 47.5 Å². The Hall–Kier alpha value is -6.43. The number of anilines is 1. The number of benzene rings is 5. The average molecular weight is 752 g/mol. The van der Waals surface area contributed by atoms with Gasteiger partial charge in [0.1, 0.15) is 19.0 Å².